The number of nitrogens with zero attached hydrogens (tertiary/aromatic N) is 1. The van der Waals surface area contributed by atoms with Crippen LogP contribution in [0.3, 0.4) is 0 Å². The molecule has 0 aliphatic heterocycles. The van der Waals surface area contributed by atoms with Crippen molar-refractivity contribution in [3.05, 3.63) is 176 Å². The monoisotopic (exact) mass is 635 g/mol. The van der Waals surface area contributed by atoms with Crippen molar-refractivity contribution >= 4 is 76.1 Å². The molecule has 2 aromatic heterocycles. The van der Waals surface area contributed by atoms with E-state index in [1.165, 1.54) is 71.0 Å². The van der Waals surface area contributed by atoms with Crippen LogP contribution >= 0.6 is 0 Å². The second-order valence-corrected chi connectivity index (χ2v) is 13.2. The van der Waals surface area contributed by atoms with Gasteiger partial charge in [0.1, 0.15) is 11.2 Å². The van der Waals surface area contributed by atoms with Gasteiger partial charge in [0, 0.05) is 32.6 Å². The summed E-state index contributed by atoms with van der Waals surface area (Å²) in [6.07, 6.45) is 0. The Hall–Kier alpha value is -6.64. The van der Waals surface area contributed by atoms with Crippen molar-refractivity contribution in [3.63, 3.8) is 0 Å². The molecule has 0 saturated carbocycles. The molecular formula is C48H29NO. The maximum atomic E-state index is 6.49. The average molecular weight is 636 g/mol. The summed E-state index contributed by atoms with van der Waals surface area (Å²) in [5, 5.41) is 12.1. The van der Waals surface area contributed by atoms with E-state index >= 15 is 0 Å². The van der Waals surface area contributed by atoms with Gasteiger partial charge in [0.2, 0.25) is 0 Å². The van der Waals surface area contributed by atoms with Crippen molar-refractivity contribution < 1.29 is 4.42 Å². The molecule has 11 rings (SSSR count). The molecule has 0 radical (unpaired) electrons. The highest BCUT2D eigenvalue weighted by Crippen LogP contribution is 2.47. The van der Waals surface area contributed by atoms with Crippen LogP contribution in [0.2, 0.25) is 0 Å². The van der Waals surface area contributed by atoms with Gasteiger partial charge < -0.3 is 8.98 Å². The summed E-state index contributed by atoms with van der Waals surface area (Å²) < 4.78 is 8.87. The van der Waals surface area contributed by atoms with Crippen molar-refractivity contribution in [2.75, 3.05) is 0 Å². The van der Waals surface area contributed by atoms with Crippen LogP contribution in [0.5, 0.6) is 0 Å². The molecule has 50 heavy (non-hydrogen) atoms. The van der Waals surface area contributed by atoms with Crippen LogP contribution in [0, 0.1) is 0 Å². The molecular weight excluding hydrogens is 607 g/mol. The Balaban J connectivity index is 1.18. The number of hydrogen-bond acceptors (Lipinski definition) is 1. The molecule has 232 valence electrons. The van der Waals surface area contributed by atoms with E-state index in [2.05, 4.69) is 174 Å². The lowest BCUT2D eigenvalue weighted by Gasteiger charge is -2.19. The number of rotatable bonds is 3. The van der Waals surface area contributed by atoms with Crippen molar-refractivity contribution in [1.82, 2.24) is 4.57 Å². The van der Waals surface area contributed by atoms with Crippen LogP contribution in [0.25, 0.3) is 104 Å². The lowest BCUT2D eigenvalue weighted by atomic mass is 9.84. The minimum atomic E-state index is 0.916. The molecule has 0 N–H and O–H groups in total. The summed E-state index contributed by atoms with van der Waals surface area (Å²) in [6.45, 7) is 0. The first-order valence-corrected chi connectivity index (χ1v) is 17.2. The molecule has 11 aromatic rings. The Labute approximate surface area is 288 Å². The predicted octanol–water partition coefficient (Wildman–Crippen LogP) is 13.5. The predicted molar refractivity (Wildman–Crippen MR) is 211 cm³/mol. The van der Waals surface area contributed by atoms with Gasteiger partial charge in [0.05, 0.1) is 11.0 Å². The normalized spacial score (nSPS) is 12.0. The highest BCUT2D eigenvalue weighted by Gasteiger charge is 2.21. The maximum absolute atomic E-state index is 6.49. The Kier molecular flexibility index (Phi) is 5.70. The highest BCUT2D eigenvalue weighted by atomic mass is 16.3. The Morgan fingerprint density at radius 1 is 0.340 bits per heavy atom. The SMILES string of the molecule is c1ccc2c(c1)oc1c3ccccc3c(-c3c4ccccc4c(-c4ccc(-n5c6ccccc6c6ccccc65)cc4)c4ccccc34)cc21. The fourth-order valence-electron chi connectivity index (χ4n) is 8.46. The lowest BCUT2D eigenvalue weighted by molar-refractivity contribution is 0.672. The van der Waals surface area contributed by atoms with Crippen LogP contribution in [-0.4, -0.2) is 4.57 Å². The third kappa shape index (κ3) is 3.79. The molecule has 0 atom stereocenters. The molecule has 0 spiro atoms. The molecule has 2 heterocycles. The summed E-state index contributed by atoms with van der Waals surface area (Å²) in [6, 6.07) is 63.8. The van der Waals surface area contributed by atoms with Gasteiger partial charge in [-0.1, -0.05) is 140 Å². The van der Waals surface area contributed by atoms with Gasteiger partial charge >= 0.3 is 0 Å². The van der Waals surface area contributed by atoms with Crippen LogP contribution in [-0.2, 0) is 0 Å². The van der Waals surface area contributed by atoms with E-state index < -0.39 is 0 Å². The zero-order chi connectivity index (χ0) is 32.8. The lowest BCUT2D eigenvalue weighted by Crippen LogP contribution is -1.95. The Morgan fingerprint density at radius 2 is 0.800 bits per heavy atom. The third-order valence-corrected chi connectivity index (χ3v) is 10.6. The number of benzene rings is 9. The minimum absolute atomic E-state index is 0.916. The quantitative estimate of drug-likeness (QED) is 0.177. The number of hydrogen-bond donors (Lipinski definition) is 0. The van der Waals surface area contributed by atoms with Crippen LogP contribution in [0.1, 0.15) is 0 Å². The van der Waals surface area contributed by atoms with Crippen LogP contribution in [0.15, 0.2) is 180 Å². The molecule has 2 heteroatoms. The molecule has 0 saturated heterocycles. The molecule has 9 aromatic carbocycles. The third-order valence-electron chi connectivity index (χ3n) is 10.6. The Morgan fingerprint density at radius 3 is 1.40 bits per heavy atom. The number of para-hydroxylation sites is 3. The summed E-state index contributed by atoms with van der Waals surface area (Å²) in [4.78, 5) is 0. The summed E-state index contributed by atoms with van der Waals surface area (Å²) in [7, 11) is 0. The van der Waals surface area contributed by atoms with Gasteiger partial charge in [-0.05, 0) is 85.6 Å². The first kappa shape index (κ1) is 27.3. The second-order valence-electron chi connectivity index (χ2n) is 13.2. The summed E-state index contributed by atoms with van der Waals surface area (Å²) >= 11 is 0. The zero-order valence-electron chi connectivity index (χ0n) is 27.1. The Bertz CT molecular complexity index is 3030. The summed E-state index contributed by atoms with van der Waals surface area (Å²) in [5.74, 6) is 0. The van der Waals surface area contributed by atoms with Crippen molar-refractivity contribution in [3.8, 4) is 27.9 Å². The minimum Gasteiger partial charge on any atom is -0.455 e. The van der Waals surface area contributed by atoms with E-state index in [0.717, 1.165) is 33.0 Å². The molecule has 2 nitrogen and oxygen atoms in total. The van der Waals surface area contributed by atoms with Gasteiger partial charge in [-0.3, -0.25) is 0 Å². The topological polar surface area (TPSA) is 18.1 Å². The van der Waals surface area contributed by atoms with Crippen LogP contribution < -0.4 is 0 Å². The van der Waals surface area contributed by atoms with E-state index in [4.69, 9.17) is 4.42 Å². The first-order chi connectivity index (χ1) is 24.8. The van der Waals surface area contributed by atoms with Crippen molar-refractivity contribution in [2.45, 2.75) is 0 Å². The molecule has 0 aliphatic rings. The summed E-state index contributed by atoms with van der Waals surface area (Å²) in [5.41, 5.74) is 10.4. The van der Waals surface area contributed by atoms with Gasteiger partial charge in [-0.2, -0.15) is 0 Å². The van der Waals surface area contributed by atoms with Gasteiger partial charge in [0.25, 0.3) is 0 Å². The fourth-order valence-corrected chi connectivity index (χ4v) is 8.46. The van der Waals surface area contributed by atoms with Gasteiger partial charge in [-0.25, -0.2) is 0 Å². The number of aromatic nitrogens is 1. The molecule has 0 amide bonds. The average Bonchev–Trinajstić information content (AvgIpc) is 3.73. The van der Waals surface area contributed by atoms with Crippen LogP contribution in [0.4, 0.5) is 0 Å². The standard InChI is InChI=1S/C48H29NO/c1-6-21-40-32(13-1)41(29-42-35-16-9-12-24-45(35)50-48(40)42)47-38-19-4-2-17-36(38)46(37-18-3-5-20-39(37)47)30-25-27-31(28-26-30)49-43-22-10-7-14-33(43)34-15-8-11-23-44(34)49/h1-29H. The molecule has 0 fully saturated rings. The number of fused-ring (bicyclic) bond motifs is 10. The second kappa shape index (κ2) is 10.4. The maximum Gasteiger partial charge on any atom is 0.143 e. The van der Waals surface area contributed by atoms with E-state index in [0.29, 0.717) is 0 Å². The van der Waals surface area contributed by atoms with Gasteiger partial charge in [-0.15, -0.1) is 0 Å². The number of furan rings is 1. The zero-order valence-corrected chi connectivity index (χ0v) is 27.1. The molecule has 0 unspecified atom stereocenters. The largest absolute Gasteiger partial charge is 0.455 e. The molecule has 0 bridgehead atoms. The van der Waals surface area contributed by atoms with Gasteiger partial charge in [0.15, 0.2) is 0 Å². The van der Waals surface area contributed by atoms with E-state index in [1.54, 1.807) is 0 Å². The molecule has 0 aliphatic carbocycles. The highest BCUT2D eigenvalue weighted by molar-refractivity contribution is 6.27. The van der Waals surface area contributed by atoms with E-state index in [1.807, 2.05) is 6.07 Å². The first-order valence-electron chi connectivity index (χ1n) is 17.2. The van der Waals surface area contributed by atoms with Crippen molar-refractivity contribution in [2.24, 2.45) is 0 Å². The van der Waals surface area contributed by atoms with Crippen molar-refractivity contribution in [1.29, 1.82) is 0 Å². The fraction of sp³-hybridized carbons (Fsp3) is 0. The smallest absolute Gasteiger partial charge is 0.143 e. The van der Waals surface area contributed by atoms with E-state index in [-0.39, 0.29) is 0 Å². The van der Waals surface area contributed by atoms with E-state index in [9.17, 15) is 0 Å².